The third-order valence-corrected chi connectivity index (χ3v) is 10.6. The van der Waals surface area contributed by atoms with Gasteiger partial charge in [0.1, 0.15) is 11.4 Å². The molecule has 134 valence electrons. The molecule has 5 heteroatoms. The van der Waals surface area contributed by atoms with Crippen molar-refractivity contribution in [2.45, 2.75) is 58.2 Å². The van der Waals surface area contributed by atoms with Gasteiger partial charge in [0.25, 0.3) is 8.32 Å². The van der Waals surface area contributed by atoms with Gasteiger partial charge in [-0.05, 0) is 40.4 Å². The van der Waals surface area contributed by atoms with Crippen molar-refractivity contribution >= 4 is 20.4 Å². The maximum absolute atomic E-state index is 11.4. The van der Waals surface area contributed by atoms with Gasteiger partial charge in [0.05, 0.1) is 7.11 Å². The molecule has 0 atom stereocenters. The second-order valence-corrected chi connectivity index (χ2v) is 12.5. The highest BCUT2D eigenvalue weighted by atomic mass is 28.4. The van der Waals surface area contributed by atoms with Gasteiger partial charge < -0.3 is 14.9 Å². The predicted octanol–water partition coefficient (Wildman–Crippen LogP) is 4.71. The molecular weight excluding hydrogens is 318 g/mol. The summed E-state index contributed by atoms with van der Waals surface area (Å²) in [5.74, 6) is 0.354. The molecule has 0 aliphatic rings. The van der Waals surface area contributed by atoms with Crippen molar-refractivity contribution in [3.8, 4) is 5.75 Å². The van der Waals surface area contributed by atoms with Crippen molar-refractivity contribution in [2.24, 2.45) is 5.73 Å². The van der Waals surface area contributed by atoms with E-state index in [1.165, 1.54) is 7.11 Å². The first-order chi connectivity index (χ1) is 11.1. The van der Waals surface area contributed by atoms with E-state index in [-0.39, 0.29) is 5.70 Å². The highest BCUT2D eigenvalue weighted by Crippen LogP contribution is 2.42. The number of carbonyl (C=O) groups excluding carboxylic acids is 1. The van der Waals surface area contributed by atoms with Gasteiger partial charge in [0.2, 0.25) is 0 Å². The van der Waals surface area contributed by atoms with E-state index in [2.05, 4.69) is 46.3 Å². The van der Waals surface area contributed by atoms with E-state index in [0.717, 1.165) is 11.3 Å². The summed E-state index contributed by atoms with van der Waals surface area (Å²) in [4.78, 5) is 11.4. The number of esters is 1. The molecule has 0 amide bonds. The molecule has 0 aromatic heterocycles. The smallest absolute Gasteiger partial charge is 0.353 e. The van der Waals surface area contributed by atoms with Crippen LogP contribution in [0.2, 0.25) is 16.6 Å². The summed E-state index contributed by atoms with van der Waals surface area (Å²) in [7, 11) is -0.642. The van der Waals surface area contributed by atoms with E-state index in [9.17, 15) is 4.79 Å². The second kappa shape index (κ2) is 8.38. The lowest BCUT2D eigenvalue weighted by molar-refractivity contribution is -0.136. The first-order valence-electron chi connectivity index (χ1n) is 8.49. The monoisotopic (exact) mass is 349 g/mol. The molecule has 0 aliphatic heterocycles. The van der Waals surface area contributed by atoms with Crippen molar-refractivity contribution in [3.05, 3.63) is 35.5 Å². The molecular formula is C19H31NO3Si. The minimum Gasteiger partial charge on any atom is -0.543 e. The fourth-order valence-corrected chi connectivity index (χ4v) is 8.80. The van der Waals surface area contributed by atoms with Gasteiger partial charge in [0.15, 0.2) is 0 Å². The maximum atomic E-state index is 11.4. The predicted molar refractivity (Wildman–Crippen MR) is 102 cm³/mol. The largest absolute Gasteiger partial charge is 0.543 e. The zero-order valence-electron chi connectivity index (χ0n) is 15.9. The molecule has 0 fully saturated rings. The van der Waals surface area contributed by atoms with Gasteiger partial charge in [-0.3, -0.25) is 0 Å². The normalized spacial score (nSPS) is 12.8. The van der Waals surface area contributed by atoms with Crippen LogP contribution in [0.15, 0.2) is 30.0 Å². The minimum absolute atomic E-state index is 0.0847. The number of hydrogen-bond donors (Lipinski definition) is 1. The fourth-order valence-electron chi connectivity index (χ4n) is 3.55. The van der Waals surface area contributed by atoms with E-state index >= 15 is 0 Å². The molecule has 0 spiro atoms. The Balaban J connectivity index is 3.06. The molecule has 1 rings (SSSR count). The Labute approximate surface area is 147 Å². The van der Waals surface area contributed by atoms with E-state index in [0.29, 0.717) is 16.6 Å². The summed E-state index contributed by atoms with van der Waals surface area (Å²) in [6.45, 7) is 13.6. The highest BCUT2D eigenvalue weighted by Gasteiger charge is 2.46. The van der Waals surface area contributed by atoms with Crippen molar-refractivity contribution in [1.82, 2.24) is 0 Å². The Morgan fingerprint density at radius 2 is 1.46 bits per heavy atom. The summed E-state index contributed by atoms with van der Waals surface area (Å²) >= 11 is 0. The van der Waals surface area contributed by atoms with Crippen LogP contribution in [-0.4, -0.2) is 21.4 Å². The van der Waals surface area contributed by atoms with Gasteiger partial charge >= 0.3 is 5.97 Å². The van der Waals surface area contributed by atoms with E-state index < -0.39 is 14.3 Å². The second-order valence-electron chi connectivity index (χ2n) is 7.08. The highest BCUT2D eigenvalue weighted by molar-refractivity contribution is 6.78. The van der Waals surface area contributed by atoms with Crippen LogP contribution in [0.4, 0.5) is 0 Å². The third kappa shape index (κ3) is 4.41. The van der Waals surface area contributed by atoms with E-state index in [1.807, 2.05) is 24.3 Å². The van der Waals surface area contributed by atoms with Crippen molar-refractivity contribution in [2.75, 3.05) is 7.11 Å². The van der Waals surface area contributed by atoms with Crippen LogP contribution in [0.25, 0.3) is 6.08 Å². The van der Waals surface area contributed by atoms with Gasteiger partial charge in [-0.15, -0.1) is 0 Å². The Morgan fingerprint density at radius 3 is 1.83 bits per heavy atom. The van der Waals surface area contributed by atoms with E-state index in [4.69, 9.17) is 10.2 Å². The molecule has 0 bridgehead atoms. The summed E-state index contributed by atoms with van der Waals surface area (Å²) in [5.41, 5.74) is 8.17. The zero-order chi connectivity index (χ0) is 18.5. The molecule has 0 heterocycles. The number of nitrogens with two attached hydrogens (primary N) is 1. The topological polar surface area (TPSA) is 61.5 Å². The first kappa shape index (κ1) is 20.3. The lowest BCUT2D eigenvalue weighted by atomic mass is 10.2. The Kier molecular flexibility index (Phi) is 7.08. The first-order valence-corrected chi connectivity index (χ1v) is 10.6. The van der Waals surface area contributed by atoms with Gasteiger partial charge in [0, 0.05) is 0 Å². The average Bonchev–Trinajstić information content (AvgIpc) is 2.52. The summed E-state index contributed by atoms with van der Waals surface area (Å²) < 4.78 is 11.2. The fraction of sp³-hybridized carbons (Fsp3) is 0.526. The molecule has 1 aromatic rings. The van der Waals surface area contributed by atoms with Crippen LogP contribution in [0, 0.1) is 0 Å². The van der Waals surface area contributed by atoms with Crippen LogP contribution in [0.1, 0.15) is 47.1 Å². The quantitative estimate of drug-likeness (QED) is 0.440. The Bertz CT molecular complexity index is 555. The van der Waals surface area contributed by atoms with Crippen molar-refractivity contribution in [1.29, 1.82) is 0 Å². The molecule has 0 saturated heterocycles. The number of ether oxygens (including phenoxy) is 1. The van der Waals surface area contributed by atoms with Crippen LogP contribution in [-0.2, 0) is 9.53 Å². The third-order valence-electron chi connectivity index (χ3n) is 4.63. The summed E-state index contributed by atoms with van der Waals surface area (Å²) in [5, 5.41) is 0. The number of methoxy groups -OCH3 is 1. The van der Waals surface area contributed by atoms with Crippen LogP contribution >= 0.6 is 0 Å². The molecule has 0 radical (unpaired) electrons. The number of carbonyl (C=O) groups is 1. The molecule has 0 aliphatic carbocycles. The number of benzene rings is 1. The summed E-state index contributed by atoms with van der Waals surface area (Å²) in [6, 6.07) is 7.72. The van der Waals surface area contributed by atoms with Gasteiger partial charge in [-0.25, -0.2) is 4.79 Å². The molecule has 24 heavy (non-hydrogen) atoms. The zero-order valence-corrected chi connectivity index (χ0v) is 16.9. The van der Waals surface area contributed by atoms with Crippen LogP contribution in [0.3, 0.4) is 0 Å². The maximum Gasteiger partial charge on any atom is 0.353 e. The average molecular weight is 350 g/mol. The number of hydrogen-bond acceptors (Lipinski definition) is 4. The van der Waals surface area contributed by atoms with Crippen LogP contribution in [0.5, 0.6) is 5.75 Å². The molecule has 0 unspecified atom stereocenters. The minimum atomic E-state index is -1.96. The van der Waals surface area contributed by atoms with Gasteiger partial charge in [-0.1, -0.05) is 53.7 Å². The van der Waals surface area contributed by atoms with Crippen molar-refractivity contribution in [3.63, 3.8) is 0 Å². The summed E-state index contributed by atoms with van der Waals surface area (Å²) in [6.07, 6.45) is 1.60. The standard InChI is InChI=1S/C19H31NO3Si/c1-13(2)24(14(3)4,15(5)6)23-17-10-8-16(9-11-17)12-18(20)19(21)22-7/h8-15H,20H2,1-7H3/b18-12-. The SMILES string of the molecule is COC(=O)/C(N)=C/c1ccc(O[Si](C(C)C)(C(C)C)C(C)C)cc1. The molecule has 4 nitrogen and oxygen atoms in total. The van der Waals surface area contributed by atoms with Crippen LogP contribution < -0.4 is 10.2 Å². The van der Waals surface area contributed by atoms with Crippen molar-refractivity contribution < 1.29 is 14.0 Å². The Hall–Kier alpha value is -1.75. The molecule has 0 saturated carbocycles. The lowest BCUT2D eigenvalue weighted by Gasteiger charge is -2.42. The molecule has 1 aromatic carbocycles. The van der Waals surface area contributed by atoms with Gasteiger partial charge in [-0.2, -0.15) is 0 Å². The Morgan fingerprint density at radius 1 is 1.00 bits per heavy atom. The molecule has 2 N–H and O–H groups in total. The lowest BCUT2D eigenvalue weighted by Crippen LogP contribution is -2.50. The van der Waals surface area contributed by atoms with E-state index in [1.54, 1.807) is 6.08 Å². The number of rotatable bonds is 7.